The number of anilines is 1. The number of hydrogen-bond acceptors (Lipinski definition) is 4. The Balaban J connectivity index is 2.98. The number of ether oxygens (including phenoxy) is 2. The molecule has 100 valence electrons. The van der Waals surface area contributed by atoms with E-state index >= 15 is 0 Å². The summed E-state index contributed by atoms with van der Waals surface area (Å²) in [6.07, 6.45) is 0. The molecule has 1 aromatic carbocycles. The smallest absolute Gasteiger partial charge is 0.340 e. The summed E-state index contributed by atoms with van der Waals surface area (Å²) < 4.78 is 23.7. The maximum absolute atomic E-state index is 13.6. The predicted octanol–water partition coefficient (Wildman–Crippen LogP) is 2.62. The molecule has 1 aromatic rings. The van der Waals surface area contributed by atoms with E-state index < -0.39 is 11.8 Å². The zero-order chi connectivity index (χ0) is 13.7. The van der Waals surface area contributed by atoms with Gasteiger partial charge in [0.25, 0.3) is 0 Å². The second-order valence-corrected chi connectivity index (χ2v) is 4.30. The Morgan fingerprint density at radius 3 is 2.67 bits per heavy atom. The fourth-order valence-corrected chi connectivity index (χ4v) is 1.32. The van der Waals surface area contributed by atoms with E-state index in [0.717, 1.165) is 6.07 Å². The van der Waals surface area contributed by atoms with Crippen LogP contribution in [-0.4, -0.2) is 19.2 Å². The highest BCUT2D eigenvalue weighted by Gasteiger charge is 2.16. The summed E-state index contributed by atoms with van der Waals surface area (Å²) in [5, 5.41) is 0. The van der Waals surface area contributed by atoms with E-state index in [1.54, 1.807) is 6.92 Å². The maximum Gasteiger partial charge on any atom is 0.340 e. The van der Waals surface area contributed by atoms with Crippen LogP contribution in [0.15, 0.2) is 12.1 Å². The molecular formula is C13H18FNO3. The largest absolute Gasteiger partial charge is 0.490 e. The number of carbonyl (C=O) groups is 1. The van der Waals surface area contributed by atoms with Gasteiger partial charge in [-0.25, -0.2) is 9.18 Å². The molecule has 0 heterocycles. The van der Waals surface area contributed by atoms with Crippen LogP contribution in [-0.2, 0) is 4.74 Å². The van der Waals surface area contributed by atoms with Crippen LogP contribution in [0, 0.1) is 11.7 Å². The summed E-state index contributed by atoms with van der Waals surface area (Å²) >= 11 is 0. The standard InChI is InChI=1S/C13H18FNO3/c1-4-17-13(16)9-5-12(18-7-8(2)3)10(14)6-11(9)15/h5-6,8H,4,7,15H2,1-3H3. The number of carbonyl (C=O) groups excluding carboxylic acids is 1. The third-order valence-electron chi connectivity index (χ3n) is 2.17. The van der Waals surface area contributed by atoms with Crippen molar-refractivity contribution in [3.8, 4) is 5.75 Å². The van der Waals surface area contributed by atoms with Gasteiger partial charge in [0.1, 0.15) is 0 Å². The first-order chi connectivity index (χ1) is 8.45. The molecule has 0 amide bonds. The van der Waals surface area contributed by atoms with Crippen molar-refractivity contribution in [3.63, 3.8) is 0 Å². The Hall–Kier alpha value is -1.78. The van der Waals surface area contributed by atoms with Crippen LogP contribution in [0.3, 0.4) is 0 Å². The molecule has 0 atom stereocenters. The predicted molar refractivity (Wildman–Crippen MR) is 67.1 cm³/mol. The Kier molecular flexibility index (Phi) is 4.95. The lowest BCUT2D eigenvalue weighted by atomic mass is 10.1. The lowest BCUT2D eigenvalue weighted by molar-refractivity contribution is 0.0527. The molecule has 0 aliphatic carbocycles. The van der Waals surface area contributed by atoms with Gasteiger partial charge in [0.2, 0.25) is 0 Å². The molecule has 0 bridgehead atoms. The highest BCUT2D eigenvalue weighted by molar-refractivity contribution is 5.95. The molecule has 2 N–H and O–H groups in total. The van der Waals surface area contributed by atoms with Crippen molar-refractivity contribution >= 4 is 11.7 Å². The summed E-state index contributed by atoms with van der Waals surface area (Å²) in [7, 11) is 0. The number of halogens is 1. The van der Waals surface area contributed by atoms with Crippen molar-refractivity contribution in [2.75, 3.05) is 18.9 Å². The van der Waals surface area contributed by atoms with Crippen molar-refractivity contribution in [1.82, 2.24) is 0 Å². The molecule has 0 aromatic heterocycles. The summed E-state index contributed by atoms with van der Waals surface area (Å²) in [6.45, 7) is 6.18. The van der Waals surface area contributed by atoms with Crippen molar-refractivity contribution < 1.29 is 18.7 Å². The third kappa shape index (κ3) is 3.61. The van der Waals surface area contributed by atoms with Crippen LogP contribution >= 0.6 is 0 Å². The molecule has 0 unspecified atom stereocenters. The van der Waals surface area contributed by atoms with E-state index in [2.05, 4.69) is 0 Å². The average Bonchev–Trinajstić information content (AvgIpc) is 2.27. The molecule has 0 saturated heterocycles. The van der Waals surface area contributed by atoms with Crippen LogP contribution in [0.1, 0.15) is 31.1 Å². The number of benzene rings is 1. The summed E-state index contributed by atoms with van der Waals surface area (Å²) in [4.78, 5) is 11.6. The second-order valence-electron chi connectivity index (χ2n) is 4.30. The topological polar surface area (TPSA) is 61.5 Å². The normalized spacial score (nSPS) is 10.5. The van der Waals surface area contributed by atoms with Crippen LogP contribution in [0.4, 0.5) is 10.1 Å². The summed E-state index contributed by atoms with van der Waals surface area (Å²) in [5.74, 6) is -0.889. The molecule has 1 rings (SSSR count). The Bertz CT molecular complexity index is 432. The monoisotopic (exact) mass is 255 g/mol. The Morgan fingerprint density at radius 2 is 2.11 bits per heavy atom. The number of hydrogen-bond donors (Lipinski definition) is 1. The highest BCUT2D eigenvalue weighted by atomic mass is 19.1. The molecule has 0 saturated carbocycles. The van der Waals surface area contributed by atoms with E-state index in [-0.39, 0.29) is 29.5 Å². The van der Waals surface area contributed by atoms with E-state index in [4.69, 9.17) is 15.2 Å². The van der Waals surface area contributed by atoms with Gasteiger partial charge in [-0.1, -0.05) is 13.8 Å². The van der Waals surface area contributed by atoms with E-state index in [0.29, 0.717) is 6.61 Å². The van der Waals surface area contributed by atoms with Crippen LogP contribution < -0.4 is 10.5 Å². The first kappa shape index (κ1) is 14.3. The van der Waals surface area contributed by atoms with Gasteiger partial charge in [-0.05, 0) is 18.9 Å². The molecule has 0 radical (unpaired) electrons. The minimum atomic E-state index is -0.582. The van der Waals surface area contributed by atoms with Gasteiger partial charge < -0.3 is 15.2 Å². The quantitative estimate of drug-likeness (QED) is 0.649. The fraction of sp³-hybridized carbons (Fsp3) is 0.462. The number of nitrogen functional groups attached to an aromatic ring is 1. The zero-order valence-corrected chi connectivity index (χ0v) is 10.8. The van der Waals surface area contributed by atoms with Gasteiger partial charge in [0, 0.05) is 11.8 Å². The number of nitrogens with two attached hydrogens (primary N) is 1. The van der Waals surface area contributed by atoms with Crippen molar-refractivity contribution in [3.05, 3.63) is 23.5 Å². The Labute approximate surface area is 106 Å². The molecule has 18 heavy (non-hydrogen) atoms. The maximum atomic E-state index is 13.6. The molecule has 5 heteroatoms. The van der Waals surface area contributed by atoms with Gasteiger partial charge in [-0.3, -0.25) is 0 Å². The van der Waals surface area contributed by atoms with E-state index in [9.17, 15) is 9.18 Å². The lowest BCUT2D eigenvalue weighted by Crippen LogP contribution is -2.11. The zero-order valence-electron chi connectivity index (χ0n) is 10.8. The number of esters is 1. The van der Waals surface area contributed by atoms with Crippen molar-refractivity contribution in [2.24, 2.45) is 5.92 Å². The summed E-state index contributed by atoms with van der Waals surface area (Å²) in [6, 6.07) is 2.35. The Morgan fingerprint density at radius 1 is 1.44 bits per heavy atom. The molecule has 0 fully saturated rings. The SMILES string of the molecule is CCOC(=O)c1cc(OCC(C)C)c(F)cc1N. The first-order valence-electron chi connectivity index (χ1n) is 5.84. The summed E-state index contributed by atoms with van der Waals surface area (Å²) in [5.41, 5.74) is 5.75. The molecule has 0 spiro atoms. The van der Waals surface area contributed by atoms with Gasteiger partial charge >= 0.3 is 5.97 Å². The minimum absolute atomic E-state index is 0.0148. The highest BCUT2D eigenvalue weighted by Crippen LogP contribution is 2.25. The van der Waals surface area contributed by atoms with Gasteiger partial charge in [0.15, 0.2) is 11.6 Å². The van der Waals surface area contributed by atoms with Crippen molar-refractivity contribution in [2.45, 2.75) is 20.8 Å². The average molecular weight is 255 g/mol. The van der Waals surface area contributed by atoms with Gasteiger partial charge in [-0.2, -0.15) is 0 Å². The van der Waals surface area contributed by atoms with Crippen LogP contribution in [0.25, 0.3) is 0 Å². The lowest BCUT2D eigenvalue weighted by Gasteiger charge is -2.12. The first-order valence-corrected chi connectivity index (χ1v) is 5.84. The molecule has 4 nitrogen and oxygen atoms in total. The molecule has 0 aliphatic heterocycles. The van der Waals surface area contributed by atoms with Crippen LogP contribution in [0.2, 0.25) is 0 Å². The third-order valence-corrected chi connectivity index (χ3v) is 2.17. The van der Waals surface area contributed by atoms with Gasteiger partial charge in [-0.15, -0.1) is 0 Å². The van der Waals surface area contributed by atoms with Crippen molar-refractivity contribution in [1.29, 1.82) is 0 Å². The molecular weight excluding hydrogens is 237 g/mol. The van der Waals surface area contributed by atoms with Gasteiger partial charge in [0.05, 0.1) is 18.8 Å². The number of rotatable bonds is 5. The second kappa shape index (κ2) is 6.23. The fourth-order valence-electron chi connectivity index (χ4n) is 1.32. The van der Waals surface area contributed by atoms with E-state index in [1.807, 2.05) is 13.8 Å². The molecule has 0 aliphatic rings. The van der Waals surface area contributed by atoms with E-state index in [1.165, 1.54) is 6.07 Å². The van der Waals surface area contributed by atoms with Crippen LogP contribution in [0.5, 0.6) is 5.75 Å². The minimum Gasteiger partial charge on any atom is -0.490 e.